The average Bonchev–Trinajstić information content (AvgIpc) is 2.27. The molecule has 1 aromatic rings. The van der Waals surface area contributed by atoms with Crippen LogP contribution in [-0.2, 0) is 21.3 Å². The van der Waals surface area contributed by atoms with Gasteiger partial charge in [0.05, 0.1) is 13.5 Å². The van der Waals surface area contributed by atoms with Crippen LogP contribution in [0.5, 0.6) is 5.75 Å². The molecule has 0 atom stereocenters. The van der Waals surface area contributed by atoms with Crippen LogP contribution in [0.15, 0.2) is 12.1 Å². The summed E-state index contributed by atoms with van der Waals surface area (Å²) in [5.74, 6) is -1.64. The molecular weight excluding hydrogens is 317 g/mol. The summed E-state index contributed by atoms with van der Waals surface area (Å²) in [5, 5.41) is 0.153. The number of alkyl halides is 3. The van der Waals surface area contributed by atoms with Gasteiger partial charge in [0.1, 0.15) is 11.6 Å². The molecule has 0 spiro atoms. The first kappa shape index (κ1) is 14.8. The van der Waals surface area contributed by atoms with E-state index in [0.717, 1.165) is 6.07 Å². The van der Waals surface area contributed by atoms with Crippen molar-refractivity contribution in [1.82, 2.24) is 0 Å². The van der Waals surface area contributed by atoms with Crippen LogP contribution in [0.1, 0.15) is 11.1 Å². The smallest absolute Gasteiger partial charge is 0.387 e. The summed E-state index contributed by atoms with van der Waals surface area (Å²) in [6.07, 6.45) is -0.214. The molecule has 0 heterocycles. The second kappa shape index (κ2) is 6.63. The number of benzene rings is 1. The summed E-state index contributed by atoms with van der Waals surface area (Å²) >= 11 is 3.07. The van der Waals surface area contributed by atoms with Gasteiger partial charge in [-0.3, -0.25) is 4.79 Å². The quantitative estimate of drug-likeness (QED) is 0.616. The maximum Gasteiger partial charge on any atom is 0.387 e. The van der Waals surface area contributed by atoms with Gasteiger partial charge in [-0.05, 0) is 11.6 Å². The largest absolute Gasteiger partial charge is 0.469 e. The van der Waals surface area contributed by atoms with E-state index in [0.29, 0.717) is 0 Å². The Morgan fingerprint density at radius 3 is 2.61 bits per heavy atom. The number of ether oxygens (including phenoxy) is 2. The molecule has 0 N–H and O–H groups in total. The molecule has 0 aliphatic rings. The normalized spacial score (nSPS) is 10.6. The Labute approximate surface area is 110 Å². The number of carbonyl (C=O) groups is 1. The number of rotatable bonds is 5. The number of esters is 1. The lowest BCUT2D eigenvalue weighted by Crippen LogP contribution is -2.09. The topological polar surface area (TPSA) is 35.5 Å². The molecule has 18 heavy (non-hydrogen) atoms. The summed E-state index contributed by atoms with van der Waals surface area (Å²) in [5.41, 5.74) is 0.455. The van der Waals surface area contributed by atoms with Gasteiger partial charge in [-0.1, -0.05) is 15.9 Å². The third-order valence-corrected chi connectivity index (χ3v) is 2.74. The zero-order valence-electron chi connectivity index (χ0n) is 9.38. The van der Waals surface area contributed by atoms with Gasteiger partial charge in [0.2, 0.25) is 0 Å². The molecule has 0 bridgehead atoms. The first-order valence-electron chi connectivity index (χ1n) is 4.86. The van der Waals surface area contributed by atoms with Crippen LogP contribution in [0, 0.1) is 5.82 Å². The van der Waals surface area contributed by atoms with Crippen molar-refractivity contribution in [3.63, 3.8) is 0 Å². The predicted octanol–water partition coefficient (Wildman–Crippen LogP) is 3.04. The van der Waals surface area contributed by atoms with Gasteiger partial charge >= 0.3 is 12.6 Å². The molecule has 0 unspecified atom stereocenters. The van der Waals surface area contributed by atoms with Gasteiger partial charge in [-0.25, -0.2) is 4.39 Å². The molecule has 100 valence electrons. The van der Waals surface area contributed by atoms with Gasteiger partial charge in [-0.2, -0.15) is 8.78 Å². The lowest BCUT2D eigenvalue weighted by atomic mass is 10.0. The minimum atomic E-state index is -3.05. The number of hydrogen-bond donors (Lipinski definition) is 0. The number of hydrogen-bond acceptors (Lipinski definition) is 3. The summed E-state index contributed by atoms with van der Waals surface area (Å²) in [6.45, 7) is -3.05. The summed E-state index contributed by atoms with van der Waals surface area (Å²) < 4.78 is 46.3. The second-order valence-electron chi connectivity index (χ2n) is 3.31. The van der Waals surface area contributed by atoms with E-state index in [2.05, 4.69) is 25.4 Å². The molecule has 0 aromatic heterocycles. The summed E-state index contributed by atoms with van der Waals surface area (Å²) in [4.78, 5) is 11.1. The molecule has 0 saturated carbocycles. The van der Waals surface area contributed by atoms with E-state index in [1.165, 1.54) is 13.2 Å². The Morgan fingerprint density at radius 1 is 1.44 bits per heavy atom. The van der Waals surface area contributed by atoms with E-state index in [-0.39, 0.29) is 28.6 Å². The molecule has 1 aromatic carbocycles. The standard InChI is InChI=1S/C11H10BrF3O3/c1-17-10(16)3-6-2-7(18-11(14)15)4-9(13)8(6)5-12/h2,4,11H,3,5H2,1H3. The van der Waals surface area contributed by atoms with E-state index in [1.54, 1.807) is 0 Å². The minimum Gasteiger partial charge on any atom is -0.469 e. The fraction of sp³-hybridized carbons (Fsp3) is 0.364. The maximum atomic E-state index is 13.6. The first-order chi connectivity index (χ1) is 8.47. The Hall–Kier alpha value is -1.24. The van der Waals surface area contributed by atoms with Gasteiger partial charge in [0, 0.05) is 17.0 Å². The van der Waals surface area contributed by atoms with Crippen molar-refractivity contribution in [2.75, 3.05) is 7.11 Å². The van der Waals surface area contributed by atoms with E-state index >= 15 is 0 Å². The van der Waals surface area contributed by atoms with Gasteiger partial charge in [-0.15, -0.1) is 0 Å². The lowest BCUT2D eigenvalue weighted by molar-refractivity contribution is -0.139. The molecule has 0 aliphatic heterocycles. The summed E-state index contributed by atoms with van der Waals surface area (Å²) in [7, 11) is 1.19. The Balaban J connectivity index is 3.10. The second-order valence-corrected chi connectivity index (χ2v) is 3.87. The number of halogens is 4. The molecule has 1 rings (SSSR count). The highest BCUT2D eigenvalue weighted by molar-refractivity contribution is 9.08. The van der Waals surface area contributed by atoms with Crippen LogP contribution in [-0.4, -0.2) is 19.7 Å². The fourth-order valence-corrected chi connectivity index (χ4v) is 2.00. The van der Waals surface area contributed by atoms with Crippen LogP contribution in [0.4, 0.5) is 13.2 Å². The van der Waals surface area contributed by atoms with Gasteiger partial charge in [0.25, 0.3) is 0 Å². The Bertz CT molecular complexity index is 438. The lowest BCUT2D eigenvalue weighted by Gasteiger charge is -2.11. The third-order valence-electron chi connectivity index (χ3n) is 2.18. The molecule has 0 amide bonds. The van der Waals surface area contributed by atoms with E-state index in [1.807, 2.05) is 0 Å². The van der Waals surface area contributed by atoms with Crippen LogP contribution >= 0.6 is 15.9 Å². The van der Waals surface area contributed by atoms with Crippen LogP contribution in [0.25, 0.3) is 0 Å². The van der Waals surface area contributed by atoms with Crippen molar-refractivity contribution in [2.24, 2.45) is 0 Å². The highest BCUT2D eigenvalue weighted by Crippen LogP contribution is 2.25. The third kappa shape index (κ3) is 3.90. The van der Waals surface area contributed by atoms with Crippen molar-refractivity contribution in [3.05, 3.63) is 29.1 Å². The van der Waals surface area contributed by atoms with Crippen LogP contribution in [0.3, 0.4) is 0 Å². The zero-order chi connectivity index (χ0) is 13.7. The maximum absolute atomic E-state index is 13.6. The zero-order valence-corrected chi connectivity index (χ0v) is 11.0. The SMILES string of the molecule is COC(=O)Cc1cc(OC(F)F)cc(F)c1CBr. The Morgan fingerprint density at radius 2 is 2.11 bits per heavy atom. The number of carbonyl (C=O) groups excluding carboxylic acids is 1. The fourth-order valence-electron chi connectivity index (χ4n) is 1.37. The van der Waals surface area contributed by atoms with Crippen molar-refractivity contribution >= 4 is 21.9 Å². The molecule has 7 heteroatoms. The van der Waals surface area contributed by atoms with Crippen molar-refractivity contribution < 1.29 is 27.4 Å². The monoisotopic (exact) mass is 326 g/mol. The predicted molar refractivity (Wildman–Crippen MR) is 61.4 cm³/mol. The van der Waals surface area contributed by atoms with Crippen molar-refractivity contribution in [3.8, 4) is 5.75 Å². The van der Waals surface area contributed by atoms with Gasteiger partial charge in [0.15, 0.2) is 0 Å². The molecule has 0 aliphatic carbocycles. The van der Waals surface area contributed by atoms with Gasteiger partial charge < -0.3 is 9.47 Å². The molecule has 0 radical (unpaired) electrons. The molecular formula is C11H10BrF3O3. The van der Waals surface area contributed by atoms with E-state index in [4.69, 9.17) is 0 Å². The van der Waals surface area contributed by atoms with Crippen molar-refractivity contribution in [1.29, 1.82) is 0 Å². The van der Waals surface area contributed by atoms with E-state index in [9.17, 15) is 18.0 Å². The first-order valence-corrected chi connectivity index (χ1v) is 5.99. The molecule has 0 fully saturated rings. The Kier molecular flexibility index (Phi) is 5.46. The van der Waals surface area contributed by atoms with Crippen LogP contribution < -0.4 is 4.74 Å². The number of methoxy groups -OCH3 is 1. The highest BCUT2D eigenvalue weighted by atomic mass is 79.9. The van der Waals surface area contributed by atoms with Crippen molar-refractivity contribution in [2.45, 2.75) is 18.4 Å². The van der Waals surface area contributed by atoms with Crippen LogP contribution in [0.2, 0.25) is 0 Å². The highest BCUT2D eigenvalue weighted by Gasteiger charge is 2.15. The molecule has 3 nitrogen and oxygen atoms in total. The van der Waals surface area contributed by atoms with E-state index < -0.39 is 18.4 Å². The minimum absolute atomic E-state index is 0.153. The summed E-state index contributed by atoms with van der Waals surface area (Å²) in [6, 6.07) is 2.05. The molecule has 0 saturated heterocycles. The average molecular weight is 327 g/mol.